The van der Waals surface area contributed by atoms with Gasteiger partial charge in [0.25, 0.3) is 6.71 Å². The Bertz CT molecular complexity index is 7510. The predicted octanol–water partition coefficient (Wildman–Crippen LogP) is 27.0. The number of nitrogens with zero attached hydrogens (tertiary/aromatic N) is 7. The Balaban J connectivity index is 1.05. The molecule has 0 unspecified atom stereocenters. The van der Waals surface area contributed by atoms with Gasteiger partial charge in [-0.3, -0.25) is 0 Å². The Morgan fingerprint density at radius 3 is 1.08 bits per heavy atom. The number of aromatic nitrogens is 5. The van der Waals surface area contributed by atoms with Gasteiger partial charge in [0.2, 0.25) is 0 Å². The van der Waals surface area contributed by atoms with Crippen LogP contribution in [0.1, 0.15) is 123 Å². The molecule has 0 atom stereocenters. The van der Waals surface area contributed by atoms with Gasteiger partial charge in [-0.05, 0) is 179 Å². The van der Waals surface area contributed by atoms with E-state index >= 15 is 0 Å². The van der Waals surface area contributed by atoms with Gasteiger partial charge in [0, 0.05) is 83.4 Å². The summed E-state index contributed by atoms with van der Waals surface area (Å²) < 4.78 is 129. The Labute approximate surface area is 705 Å². The normalized spacial score (nSPS) is 14.5. The molecule has 7 nitrogen and oxygen atoms in total. The van der Waals surface area contributed by atoms with Crippen LogP contribution < -0.4 is 26.2 Å². The molecule has 18 aromatic rings. The highest BCUT2D eigenvalue weighted by atomic mass is 15.2. The third-order valence-electron chi connectivity index (χ3n) is 23.5. The van der Waals surface area contributed by atoms with Crippen LogP contribution in [0, 0.1) is 0 Å². The lowest BCUT2D eigenvalue weighted by Gasteiger charge is -2.46. The lowest BCUT2D eigenvalue weighted by molar-refractivity contribution is 0.590. The minimum Gasteiger partial charge on any atom is -0.310 e. The van der Waals surface area contributed by atoms with Crippen LogP contribution in [0.3, 0.4) is 0 Å². The highest BCUT2D eigenvalue weighted by Crippen LogP contribution is 2.56. The molecule has 2 aliphatic rings. The van der Waals surface area contributed by atoms with Crippen molar-refractivity contribution in [1.82, 2.24) is 24.1 Å². The highest BCUT2D eigenvalue weighted by Gasteiger charge is 2.47. The molecule has 117 heavy (non-hydrogen) atoms. The van der Waals surface area contributed by atoms with Crippen LogP contribution in [0.2, 0.25) is 0 Å². The van der Waals surface area contributed by atoms with Gasteiger partial charge in [0.05, 0.1) is 56.9 Å². The maximum atomic E-state index is 10.0. The van der Waals surface area contributed by atoms with Crippen molar-refractivity contribution in [3.8, 4) is 90.0 Å². The predicted molar refractivity (Wildman–Crippen MR) is 495 cm³/mol. The number of hydrogen-bond acceptors (Lipinski definition) is 5. The number of hydrogen-bond donors (Lipinski definition) is 0. The van der Waals surface area contributed by atoms with Crippen molar-refractivity contribution in [2.24, 2.45) is 0 Å². The first-order chi connectivity index (χ1) is 62.0. The lowest BCUT2D eigenvalue weighted by Crippen LogP contribution is -2.61. The molecule has 15 aromatic carbocycles. The summed E-state index contributed by atoms with van der Waals surface area (Å²) in [6.07, 6.45) is 0. The van der Waals surface area contributed by atoms with Crippen molar-refractivity contribution >= 4 is 101 Å². The Kier molecular flexibility index (Phi) is 14.0. The molecule has 0 amide bonds. The largest absolute Gasteiger partial charge is 0.310 e. The maximum Gasteiger partial charge on any atom is 0.252 e. The van der Waals surface area contributed by atoms with Crippen LogP contribution >= 0.6 is 0 Å². The van der Waals surface area contributed by atoms with Gasteiger partial charge in [0.15, 0.2) is 17.5 Å². The quantitative estimate of drug-likeness (QED) is 0.121. The SMILES string of the molecule is [2H]c1c([2H])c([2H])c(-c2ccc3c(c2)N(c2c(-c4ccccc4)cc(C(C)(C)C)cc2-c2nc(-c4ccccc4)nc(-c4ccccc4)n2)c2cc(-n4c5ccc(C(C)(C)C)cc5c5cc(C(C)(C)C)ccc54)cc4c2B3c2ccc(-n3c5c([2H])c([2H])c([2H])c([2H])c5c5c([2H])c([2H])c([2H])c([2H])c53)cc2N4c2c(-c3ccccc3)cc(C(C)(C)C)cc2-c2ccccc2)c([2H])c1[2H]. The van der Waals surface area contributed by atoms with E-state index in [0.29, 0.717) is 62.7 Å². The molecule has 5 heterocycles. The fraction of sp³-hybridized carbons (Fsp3) is 0.147. The molecular weight excluding hydrogens is 1420 g/mol. The number of anilines is 6. The Hall–Kier alpha value is -13.4. The van der Waals surface area contributed by atoms with Crippen molar-refractivity contribution in [2.45, 2.75) is 105 Å². The summed E-state index contributed by atoms with van der Waals surface area (Å²) in [5, 5.41) is 1.91. The molecule has 2 aliphatic heterocycles. The highest BCUT2D eigenvalue weighted by molar-refractivity contribution is 7.00. The summed E-state index contributed by atoms with van der Waals surface area (Å²) in [6.45, 7) is 25.8. The molecule has 0 saturated carbocycles. The number of rotatable bonds is 11. The van der Waals surface area contributed by atoms with E-state index in [1.807, 2.05) is 127 Å². The second kappa shape index (κ2) is 27.7. The van der Waals surface area contributed by atoms with Gasteiger partial charge in [-0.1, -0.05) is 332 Å². The number of fused-ring (bicyclic) bond motifs is 10. The van der Waals surface area contributed by atoms with E-state index < -0.39 is 96.1 Å². The van der Waals surface area contributed by atoms with Gasteiger partial charge in [-0.2, -0.15) is 0 Å². The monoisotopic (exact) mass is 1520 g/mol. The Morgan fingerprint density at radius 1 is 0.265 bits per heavy atom. The molecule has 0 aliphatic carbocycles. The van der Waals surface area contributed by atoms with E-state index in [4.69, 9.17) is 16.3 Å². The first-order valence-corrected chi connectivity index (χ1v) is 40.1. The molecule has 0 saturated heterocycles. The van der Waals surface area contributed by atoms with Gasteiger partial charge in [-0.15, -0.1) is 0 Å². The summed E-state index contributed by atoms with van der Waals surface area (Å²) >= 11 is 0. The summed E-state index contributed by atoms with van der Waals surface area (Å²) in [6, 6.07) is 83.6. The molecule has 20 rings (SSSR count). The van der Waals surface area contributed by atoms with Crippen molar-refractivity contribution < 1.29 is 17.8 Å². The van der Waals surface area contributed by atoms with Crippen LogP contribution in [-0.4, -0.2) is 30.8 Å². The zero-order chi connectivity index (χ0) is 91.3. The molecule has 0 spiro atoms. The minimum absolute atomic E-state index is 0.0184. The zero-order valence-electron chi connectivity index (χ0n) is 80.5. The number of benzene rings is 15. The summed E-state index contributed by atoms with van der Waals surface area (Å²) in [7, 11) is 0. The van der Waals surface area contributed by atoms with E-state index in [9.17, 15) is 16.4 Å². The lowest BCUT2D eigenvalue weighted by atomic mass is 9.33. The maximum absolute atomic E-state index is 10.0. The smallest absolute Gasteiger partial charge is 0.252 e. The number of para-hydroxylation sites is 2. The van der Waals surface area contributed by atoms with Crippen LogP contribution in [0.15, 0.2) is 339 Å². The third-order valence-corrected chi connectivity index (χ3v) is 23.5. The van der Waals surface area contributed by atoms with Crippen LogP contribution in [0.4, 0.5) is 34.1 Å². The summed E-state index contributed by atoms with van der Waals surface area (Å²) in [5.74, 6) is 1.18. The first-order valence-electron chi connectivity index (χ1n) is 46.6. The topological polar surface area (TPSA) is 55.0 Å². The molecule has 0 fully saturated rings. The van der Waals surface area contributed by atoms with E-state index in [2.05, 4.69) is 231 Å². The average Bonchev–Trinajstić information content (AvgIpc) is 1.04. The summed E-state index contributed by atoms with van der Waals surface area (Å²) in [5.41, 5.74) is 19.1. The fourth-order valence-electron chi connectivity index (χ4n) is 17.4. The molecule has 3 aromatic heterocycles. The molecule has 566 valence electrons. The van der Waals surface area contributed by atoms with Crippen LogP contribution in [0.25, 0.3) is 134 Å². The zero-order valence-corrected chi connectivity index (χ0v) is 67.5. The first kappa shape index (κ1) is 59.3. The summed E-state index contributed by atoms with van der Waals surface area (Å²) in [4.78, 5) is 21.4. The van der Waals surface area contributed by atoms with Crippen molar-refractivity contribution in [1.29, 1.82) is 0 Å². The fourth-order valence-corrected chi connectivity index (χ4v) is 17.4. The van der Waals surface area contributed by atoms with Gasteiger partial charge >= 0.3 is 0 Å². The Morgan fingerprint density at radius 2 is 0.632 bits per heavy atom. The third kappa shape index (κ3) is 12.5. The second-order valence-corrected chi connectivity index (χ2v) is 35.1. The van der Waals surface area contributed by atoms with Gasteiger partial charge in [-0.25, -0.2) is 15.0 Å². The molecule has 8 heteroatoms. The van der Waals surface area contributed by atoms with Gasteiger partial charge < -0.3 is 18.9 Å². The molecule has 0 bridgehead atoms. The molecular formula is C109H92BN7. The van der Waals surface area contributed by atoms with E-state index in [1.165, 1.54) is 0 Å². The van der Waals surface area contributed by atoms with Crippen molar-refractivity contribution in [3.63, 3.8) is 0 Å². The van der Waals surface area contributed by atoms with E-state index in [1.54, 1.807) is 4.57 Å². The second-order valence-electron chi connectivity index (χ2n) is 35.1. The van der Waals surface area contributed by atoms with Crippen LogP contribution in [-0.2, 0) is 21.7 Å². The van der Waals surface area contributed by atoms with Gasteiger partial charge in [0.1, 0.15) is 0 Å². The standard InChI is InChI=1S/C109H92BN7/c1-106(2,3)76-52-57-94-87(60-76)88-61-77(107(4,5)6)53-58-95(88)115(94)81-67-98-100-99(68-81)117(101-84(70-37-21-14-22-38-70)62-78(108(7,8)9)63-85(101)71-39-23-15-24-40-71)97-66-80(114-92-49-33-31-47-82(92)83-48-32-34-50-93(83)114)54-56-91(97)110(100)90-55-51-75(69-35-19-13-20-36-69)59-96(90)116(98)102-86(72-41-25-16-26-42-72)64-79(109(10,11)12)65-89(102)105-112-103(73-43-27-17-28-44-73)111-104(113-105)74-45-29-18-30-46-74/h13-68H,1-12H3/i13D,19D,20D,31D,32D,33D,34D,35D,36D,47D,48D,49D,50D. The molecule has 0 radical (unpaired) electrons. The van der Waals surface area contributed by atoms with E-state index in [0.717, 1.165) is 116 Å². The average molecular weight is 1520 g/mol. The minimum atomic E-state index is -0.826. The van der Waals surface area contributed by atoms with Crippen LogP contribution in [0.5, 0.6) is 0 Å². The van der Waals surface area contributed by atoms with E-state index in [-0.39, 0.29) is 38.2 Å². The molecule has 0 N–H and O–H groups in total. The van der Waals surface area contributed by atoms with Crippen molar-refractivity contribution in [2.75, 3.05) is 9.80 Å². The van der Waals surface area contributed by atoms with Crippen molar-refractivity contribution in [3.05, 3.63) is 362 Å².